The van der Waals surface area contributed by atoms with Crippen LogP contribution in [-0.2, 0) is 17.6 Å². The van der Waals surface area contributed by atoms with Gasteiger partial charge in [-0.25, -0.2) is 9.48 Å². The van der Waals surface area contributed by atoms with Crippen molar-refractivity contribution in [2.75, 3.05) is 45.8 Å². The van der Waals surface area contributed by atoms with Gasteiger partial charge < -0.3 is 14.8 Å². The van der Waals surface area contributed by atoms with Crippen LogP contribution < -0.4 is 15.4 Å². The summed E-state index contributed by atoms with van der Waals surface area (Å²) in [6.45, 7) is 3.09. The van der Waals surface area contributed by atoms with Crippen LogP contribution in [-0.4, -0.2) is 67.2 Å². The van der Waals surface area contributed by atoms with E-state index >= 15 is 0 Å². The summed E-state index contributed by atoms with van der Waals surface area (Å²) in [5, 5.41) is 11.2. The minimum atomic E-state index is -0.205. The fourth-order valence-electron chi connectivity index (χ4n) is 5.23. The Morgan fingerprint density at radius 2 is 1.94 bits per heavy atom. The highest BCUT2D eigenvalue weighted by Gasteiger charge is 2.35. The normalized spacial score (nSPS) is 19.5. The number of hydrogen-bond acceptors (Lipinski definition) is 5. The number of carbonyl (C=O) groups excluding carboxylic acids is 1. The third-order valence-corrected chi connectivity index (χ3v) is 6.99. The van der Waals surface area contributed by atoms with Gasteiger partial charge in [-0.3, -0.25) is 10.2 Å². The fourth-order valence-corrected chi connectivity index (χ4v) is 5.23. The lowest BCUT2D eigenvalue weighted by molar-refractivity contribution is 0.159. The first-order chi connectivity index (χ1) is 17.2. The molecule has 1 saturated heterocycles. The first kappa shape index (κ1) is 23.4. The van der Waals surface area contributed by atoms with E-state index in [1.54, 1.807) is 14.2 Å². The first-order valence-corrected chi connectivity index (χ1v) is 12.2. The van der Waals surface area contributed by atoms with Gasteiger partial charge in [0.2, 0.25) is 0 Å². The zero-order chi connectivity index (χ0) is 24.2. The van der Waals surface area contributed by atoms with E-state index < -0.39 is 0 Å². The first-order valence-electron chi connectivity index (χ1n) is 12.2. The number of aryl methyl sites for hydroxylation is 1. The van der Waals surface area contributed by atoms with Crippen molar-refractivity contribution < 1.29 is 14.3 Å². The van der Waals surface area contributed by atoms with Crippen LogP contribution in [0.15, 0.2) is 54.6 Å². The minimum Gasteiger partial charge on any atom is -0.497 e. The minimum absolute atomic E-state index is 0.0416. The second kappa shape index (κ2) is 10.5. The summed E-state index contributed by atoms with van der Waals surface area (Å²) in [5.74, 6) is 1.74. The van der Waals surface area contributed by atoms with E-state index in [0.29, 0.717) is 6.61 Å². The van der Waals surface area contributed by atoms with Crippen LogP contribution in [0.1, 0.15) is 29.2 Å². The van der Waals surface area contributed by atoms with Crippen LogP contribution in [0.25, 0.3) is 5.69 Å². The van der Waals surface area contributed by atoms with E-state index in [-0.39, 0.29) is 18.0 Å². The van der Waals surface area contributed by atoms with Gasteiger partial charge in [0.15, 0.2) is 0 Å². The average Bonchev–Trinajstić information content (AvgIpc) is 3.59. The molecular weight excluding hydrogens is 442 g/mol. The number of para-hydroxylation sites is 1. The second-order valence-corrected chi connectivity index (χ2v) is 9.22. The largest absolute Gasteiger partial charge is 0.497 e. The average molecular weight is 476 g/mol. The number of nitrogens with zero attached hydrogens (tertiary/aromatic N) is 3. The number of urea groups is 1. The Morgan fingerprint density at radius 1 is 1.09 bits per heavy atom. The molecule has 1 aliphatic heterocycles. The van der Waals surface area contributed by atoms with Crippen molar-refractivity contribution >= 4 is 11.8 Å². The summed E-state index contributed by atoms with van der Waals surface area (Å²) in [7, 11) is 3.39. The molecule has 2 atom stereocenters. The highest BCUT2D eigenvalue weighted by atomic mass is 16.5. The summed E-state index contributed by atoms with van der Waals surface area (Å²) in [5.41, 5.74) is 4.31. The Kier molecular flexibility index (Phi) is 7.01. The maximum absolute atomic E-state index is 13.3. The monoisotopic (exact) mass is 475 g/mol. The molecule has 35 heavy (non-hydrogen) atoms. The molecule has 1 unspecified atom stereocenters. The molecule has 2 aliphatic rings. The van der Waals surface area contributed by atoms with Crippen LogP contribution in [0, 0.1) is 0 Å². The van der Waals surface area contributed by atoms with E-state index in [0.717, 1.165) is 73.0 Å². The van der Waals surface area contributed by atoms with Crippen molar-refractivity contribution in [1.82, 2.24) is 20.0 Å². The topological polar surface area (TPSA) is 80.7 Å². The number of fused-ring (bicyclic) bond motifs is 1. The number of nitrogens with one attached hydrogen (secondary N) is 2. The van der Waals surface area contributed by atoms with Gasteiger partial charge >= 0.3 is 6.03 Å². The standard InChI is InChI=1S/C27H33N5O3/c1-34-15-14-31-17-23(19-8-6-11-21(16-19)35-2)25(18-31)28-27(33)29-26-22-12-7-13-24(22)30-32(26)20-9-4-3-5-10-20/h3-6,8-11,16,23,25H,7,12-15,17-18H2,1-2H3,(H2,28,29,33)/t23?,25-/m1/s1. The third kappa shape index (κ3) is 5.04. The molecule has 3 aromatic rings. The Balaban J connectivity index is 1.36. The summed E-state index contributed by atoms with van der Waals surface area (Å²) in [6.07, 6.45) is 2.94. The lowest BCUT2D eigenvalue weighted by atomic mass is 9.94. The maximum Gasteiger partial charge on any atom is 0.320 e. The predicted molar refractivity (Wildman–Crippen MR) is 136 cm³/mol. The van der Waals surface area contributed by atoms with Gasteiger partial charge in [0, 0.05) is 38.2 Å². The van der Waals surface area contributed by atoms with Gasteiger partial charge in [-0.1, -0.05) is 30.3 Å². The van der Waals surface area contributed by atoms with Crippen LogP contribution in [0.5, 0.6) is 5.75 Å². The van der Waals surface area contributed by atoms with Crippen molar-refractivity contribution in [3.05, 3.63) is 71.4 Å². The van der Waals surface area contributed by atoms with E-state index in [4.69, 9.17) is 14.6 Å². The van der Waals surface area contributed by atoms with E-state index in [2.05, 4.69) is 27.7 Å². The summed E-state index contributed by atoms with van der Waals surface area (Å²) >= 11 is 0. The highest BCUT2D eigenvalue weighted by molar-refractivity contribution is 5.90. The molecule has 0 radical (unpaired) electrons. The molecular formula is C27H33N5O3. The van der Waals surface area contributed by atoms with Gasteiger partial charge in [0.25, 0.3) is 0 Å². The van der Waals surface area contributed by atoms with Crippen molar-refractivity contribution in [3.63, 3.8) is 0 Å². The maximum atomic E-state index is 13.3. The number of ether oxygens (including phenoxy) is 2. The Labute approximate surface area is 206 Å². The number of rotatable bonds is 8. The second-order valence-electron chi connectivity index (χ2n) is 9.22. The molecule has 1 aliphatic carbocycles. The molecule has 2 N–H and O–H groups in total. The molecule has 0 spiro atoms. The number of anilines is 1. The lowest BCUT2D eigenvalue weighted by Crippen LogP contribution is -2.42. The molecule has 8 nitrogen and oxygen atoms in total. The van der Waals surface area contributed by atoms with E-state index in [1.165, 1.54) is 0 Å². The summed E-state index contributed by atoms with van der Waals surface area (Å²) in [6, 6.07) is 17.8. The van der Waals surface area contributed by atoms with Gasteiger partial charge in [0.05, 0.1) is 31.1 Å². The third-order valence-electron chi connectivity index (χ3n) is 6.99. The van der Waals surface area contributed by atoms with Crippen LogP contribution >= 0.6 is 0 Å². The van der Waals surface area contributed by atoms with Gasteiger partial charge in [0.1, 0.15) is 11.6 Å². The van der Waals surface area contributed by atoms with E-state index in [9.17, 15) is 4.79 Å². The molecule has 1 aromatic heterocycles. The number of carbonyl (C=O) groups is 1. The Morgan fingerprint density at radius 3 is 2.74 bits per heavy atom. The quantitative estimate of drug-likeness (QED) is 0.520. The molecule has 2 aromatic carbocycles. The van der Waals surface area contributed by atoms with Gasteiger partial charge in [-0.05, 0) is 49.1 Å². The number of hydrogen-bond donors (Lipinski definition) is 2. The number of aromatic nitrogens is 2. The van der Waals surface area contributed by atoms with Crippen molar-refractivity contribution in [2.24, 2.45) is 0 Å². The molecule has 0 saturated carbocycles. The number of likely N-dealkylation sites (tertiary alicyclic amines) is 1. The van der Waals surface area contributed by atoms with E-state index in [1.807, 2.05) is 47.1 Å². The van der Waals surface area contributed by atoms with Crippen LogP contribution in [0.2, 0.25) is 0 Å². The molecule has 8 heteroatoms. The van der Waals surface area contributed by atoms with Crippen molar-refractivity contribution in [2.45, 2.75) is 31.2 Å². The van der Waals surface area contributed by atoms with Gasteiger partial charge in [-0.15, -0.1) is 0 Å². The molecule has 184 valence electrons. The summed E-state index contributed by atoms with van der Waals surface area (Å²) < 4.78 is 12.6. The zero-order valence-electron chi connectivity index (χ0n) is 20.4. The Bertz CT molecular complexity index is 1160. The molecule has 0 bridgehead atoms. The SMILES string of the molecule is COCCN1CC(c2cccc(OC)c2)[C@H](NC(=O)Nc2c3c(nn2-c2ccccc2)CCC3)C1. The molecule has 2 heterocycles. The van der Waals surface area contributed by atoms with Crippen molar-refractivity contribution in [3.8, 4) is 11.4 Å². The highest BCUT2D eigenvalue weighted by Crippen LogP contribution is 2.32. The molecule has 2 amide bonds. The lowest BCUT2D eigenvalue weighted by Gasteiger charge is -2.21. The Hall–Kier alpha value is -3.36. The summed E-state index contributed by atoms with van der Waals surface area (Å²) in [4.78, 5) is 15.7. The van der Waals surface area contributed by atoms with Crippen molar-refractivity contribution in [1.29, 1.82) is 0 Å². The number of benzene rings is 2. The number of amides is 2. The zero-order valence-corrected chi connectivity index (χ0v) is 20.4. The molecule has 1 fully saturated rings. The smallest absolute Gasteiger partial charge is 0.320 e. The van der Waals surface area contributed by atoms with Gasteiger partial charge in [-0.2, -0.15) is 5.10 Å². The number of methoxy groups -OCH3 is 2. The predicted octanol–water partition coefficient (Wildman–Crippen LogP) is 3.61. The fraction of sp³-hybridized carbons (Fsp3) is 0.407. The van der Waals surface area contributed by atoms with Crippen LogP contribution in [0.3, 0.4) is 0 Å². The molecule has 5 rings (SSSR count). The van der Waals surface area contributed by atoms with Crippen LogP contribution in [0.4, 0.5) is 10.6 Å².